The molecule has 5 nitrogen and oxygen atoms in total. The number of rotatable bonds is 3. The molecule has 0 unspecified atom stereocenters. The van der Waals surface area contributed by atoms with Gasteiger partial charge in [0, 0.05) is 5.56 Å². The Labute approximate surface area is 104 Å². The van der Waals surface area contributed by atoms with Crippen LogP contribution in [0, 0.1) is 0 Å². The Balaban J connectivity index is 2.28. The van der Waals surface area contributed by atoms with E-state index in [4.69, 9.17) is 10.2 Å². The molecule has 92 valence electrons. The number of carboxylic acid groups (broad SMARTS) is 1. The SMILES string of the molecule is O=C(O)N(CO)c1ccc(-c2ccccc2)nc1. The Hall–Kier alpha value is -2.40. The molecule has 0 aliphatic heterocycles. The van der Waals surface area contributed by atoms with Crippen LogP contribution in [-0.2, 0) is 0 Å². The van der Waals surface area contributed by atoms with Crippen molar-refractivity contribution in [1.82, 2.24) is 4.98 Å². The minimum Gasteiger partial charge on any atom is -0.465 e. The van der Waals surface area contributed by atoms with Crippen LogP contribution in [0.3, 0.4) is 0 Å². The van der Waals surface area contributed by atoms with E-state index in [1.54, 1.807) is 12.1 Å². The van der Waals surface area contributed by atoms with Crippen LogP contribution in [0.1, 0.15) is 0 Å². The van der Waals surface area contributed by atoms with Crippen LogP contribution in [-0.4, -0.2) is 28.0 Å². The molecule has 18 heavy (non-hydrogen) atoms. The predicted molar refractivity (Wildman–Crippen MR) is 67.3 cm³/mol. The lowest BCUT2D eigenvalue weighted by Crippen LogP contribution is -2.30. The van der Waals surface area contributed by atoms with E-state index < -0.39 is 12.8 Å². The summed E-state index contributed by atoms with van der Waals surface area (Å²) in [5.74, 6) is 0. The minimum absolute atomic E-state index is 0.338. The summed E-state index contributed by atoms with van der Waals surface area (Å²) in [7, 11) is 0. The highest BCUT2D eigenvalue weighted by Gasteiger charge is 2.13. The third kappa shape index (κ3) is 2.46. The van der Waals surface area contributed by atoms with Gasteiger partial charge in [-0.2, -0.15) is 0 Å². The van der Waals surface area contributed by atoms with Crippen molar-refractivity contribution in [3.8, 4) is 11.3 Å². The molecule has 1 heterocycles. The van der Waals surface area contributed by atoms with Crippen molar-refractivity contribution in [3.63, 3.8) is 0 Å². The van der Waals surface area contributed by atoms with Crippen LogP contribution >= 0.6 is 0 Å². The quantitative estimate of drug-likeness (QED) is 0.811. The van der Waals surface area contributed by atoms with Gasteiger partial charge in [-0.1, -0.05) is 30.3 Å². The lowest BCUT2D eigenvalue weighted by molar-refractivity contribution is 0.190. The average Bonchev–Trinajstić information content (AvgIpc) is 2.41. The second kappa shape index (κ2) is 5.29. The molecule has 0 fully saturated rings. The van der Waals surface area contributed by atoms with Crippen LogP contribution in [0.2, 0.25) is 0 Å². The number of aliphatic hydroxyl groups is 1. The summed E-state index contributed by atoms with van der Waals surface area (Å²) in [6, 6.07) is 12.9. The molecule has 0 atom stereocenters. The fourth-order valence-electron chi connectivity index (χ4n) is 1.58. The zero-order chi connectivity index (χ0) is 13.0. The highest BCUT2D eigenvalue weighted by molar-refractivity contribution is 5.85. The smallest absolute Gasteiger partial charge is 0.413 e. The van der Waals surface area contributed by atoms with Crippen LogP contribution in [0.25, 0.3) is 11.3 Å². The number of nitrogens with zero attached hydrogens (tertiary/aromatic N) is 2. The van der Waals surface area contributed by atoms with E-state index in [0.717, 1.165) is 16.2 Å². The second-order valence-electron chi connectivity index (χ2n) is 3.62. The van der Waals surface area contributed by atoms with Crippen molar-refractivity contribution in [2.75, 3.05) is 11.6 Å². The first kappa shape index (κ1) is 12.1. The van der Waals surface area contributed by atoms with Gasteiger partial charge in [0.2, 0.25) is 0 Å². The van der Waals surface area contributed by atoms with Crippen molar-refractivity contribution in [1.29, 1.82) is 0 Å². The van der Waals surface area contributed by atoms with Gasteiger partial charge < -0.3 is 10.2 Å². The number of hydrogen-bond donors (Lipinski definition) is 2. The van der Waals surface area contributed by atoms with E-state index in [2.05, 4.69) is 4.98 Å². The van der Waals surface area contributed by atoms with Gasteiger partial charge in [0.1, 0.15) is 6.73 Å². The Morgan fingerprint density at radius 2 is 1.89 bits per heavy atom. The van der Waals surface area contributed by atoms with E-state index in [1.165, 1.54) is 6.20 Å². The lowest BCUT2D eigenvalue weighted by Gasteiger charge is -2.15. The summed E-state index contributed by atoms with van der Waals surface area (Å²) in [4.78, 5) is 15.8. The molecule has 0 bridgehead atoms. The van der Waals surface area contributed by atoms with Gasteiger partial charge in [-0.3, -0.25) is 9.88 Å². The molecule has 0 saturated heterocycles. The van der Waals surface area contributed by atoms with Gasteiger partial charge >= 0.3 is 6.09 Å². The topological polar surface area (TPSA) is 73.7 Å². The van der Waals surface area contributed by atoms with E-state index in [0.29, 0.717) is 5.69 Å². The van der Waals surface area contributed by atoms with Crippen LogP contribution < -0.4 is 4.90 Å². The molecule has 2 N–H and O–H groups in total. The maximum atomic E-state index is 10.8. The normalized spacial score (nSPS) is 10.1. The van der Waals surface area contributed by atoms with Gasteiger partial charge in [0.15, 0.2) is 0 Å². The monoisotopic (exact) mass is 244 g/mol. The third-order valence-electron chi connectivity index (χ3n) is 2.50. The molecule has 0 aliphatic carbocycles. The lowest BCUT2D eigenvalue weighted by atomic mass is 10.1. The number of aliphatic hydroxyl groups excluding tert-OH is 1. The Kier molecular flexibility index (Phi) is 3.54. The summed E-state index contributed by atoms with van der Waals surface area (Å²) in [6.45, 7) is -0.596. The van der Waals surface area contributed by atoms with E-state index in [9.17, 15) is 4.79 Å². The standard InChI is InChI=1S/C13H12N2O3/c16-9-15(13(17)18)11-6-7-12(14-8-11)10-4-2-1-3-5-10/h1-8,16H,9H2,(H,17,18). The first-order valence-corrected chi connectivity index (χ1v) is 5.35. The molecule has 0 spiro atoms. The van der Waals surface area contributed by atoms with Gasteiger partial charge in [0.25, 0.3) is 0 Å². The molecule has 2 rings (SSSR count). The number of amides is 1. The van der Waals surface area contributed by atoms with E-state index in [-0.39, 0.29) is 0 Å². The zero-order valence-corrected chi connectivity index (χ0v) is 9.52. The molecule has 1 aromatic heterocycles. The number of aromatic nitrogens is 1. The maximum Gasteiger partial charge on any atom is 0.413 e. The summed E-state index contributed by atoms with van der Waals surface area (Å²) in [5, 5.41) is 17.8. The minimum atomic E-state index is -1.22. The molecular weight excluding hydrogens is 232 g/mol. The van der Waals surface area contributed by atoms with E-state index >= 15 is 0 Å². The molecule has 2 aromatic rings. The van der Waals surface area contributed by atoms with Crippen molar-refractivity contribution in [3.05, 3.63) is 48.7 Å². The first-order chi connectivity index (χ1) is 8.72. The summed E-state index contributed by atoms with van der Waals surface area (Å²) in [6.07, 6.45) is 0.207. The molecule has 0 radical (unpaired) electrons. The Morgan fingerprint density at radius 1 is 1.17 bits per heavy atom. The highest BCUT2D eigenvalue weighted by Crippen LogP contribution is 2.19. The van der Waals surface area contributed by atoms with E-state index in [1.807, 2.05) is 30.3 Å². The molecule has 0 saturated carbocycles. The van der Waals surface area contributed by atoms with Gasteiger partial charge in [-0.05, 0) is 12.1 Å². The number of carbonyl (C=O) groups is 1. The molecular formula is C13H12N2O3. The summed E-state index contributed by atoms with van der Waals surface area (Å²) in [5.41, 5.74) is 2.04. The number of benzene rings is 1. The fraction of sp³-hybridized carbons (Fsp3) is 0.0769. The summed E-state index contributed by atoms with van der Waals surface area (Å²) < 4.78 is 0. The highest BCUT2D eigenvalue weighted by atomic mass is 16.4. The predicted octanol–water partition coefficient (Wildman–Crippen LogP) is 2.18. The van der Waals surface area contributed by atoms with Crippen LogP contribution in [0.5, 0.6) is 0 Å². The van der Waals surface area contributed by atoms with Gasteiger partial charge in [0.05, 0.1) is 17.6 Å². The van der Waals surface area contributed by atoms with Crippen molar-refractivity contribution in [2.24, 2.45) is 0 Å². The van der Waals surface area contributed by atoms with Crippen LogP contribution in [0.4, 0.5) is 10.5 Å². The van der Waals surface area contributed by atoms with Gasteiger partial charge in [-0.15, -0.1) is 0 Å². The maximum absolute atomic E-state index is 10.8. The largest absolute Gasteiger partial charge is 0.465 e. The number of pyridine rings is 1. The van der Waals surface area contributed by atoms with Crippen molar-refractivity contribution in [2.45, 2.75) is 0 Å². The Morgan fingerprint density at radius 3 is 2.39 bits per heavy atom. The van der Waals surface area contributed by atoms with Gasteiger partial charge in [-0.25, -0.2) is 4.79 Å². The first-order valence-electron chi connectivity index (χ1n) is 5.35. The average molecular weight is 244 g/mol. The number of anilines is 1. The number of hydrogen-bond acceptors (Lipinski definition) is 3. The molecule has 5 heteroatoms. The fourth-order valence-corrected chi connectivity index (χ4v) is 1.58. The molecule has 1 amide bonds. The molecule has 1 aromatic carbocycles. The summed E-state index contributed by atoms with van der Waals surface area (Å²) >= 11 is 0. The molecule has 0 aliphatic rings. The second-order valence-corrected chi connectivity index (χ2v) is 3.62. The van der Waals surface area contributed by atoms with Crippen LogP contribution in [0.15, 0.2) is 48.7 Å². The van der Waals surface area contributed by atoms with Crippen molar-refractivity contribution >= 4 is 11.8 Å². The third-order valence-corrected chi connectivity index (χ3v) is 2.50. The Bertz CT molecular complexity index is 526. The van der Waals surface area contributed by atoms with Crippen molar-refractivity contribution < 1.29 is 15.0 Å². The zero-order valence-electron chi connectivity index (χ0n) is 9.52.